The highest BCUT2D eigenvalue weighted by Gasteiger charge is 2.36. The third kappa shape index (κ3) is 4.86. The van der Waals surface area contributed by atoms with Gasteiger partial charge >= 0.3 is 5.97 Å². The zero-order chi connectivity index (χ0) is 25.1. The first-order chi connectivity index (χ1) is 17.6. The number of pyridine rings is 1. The van der Waals surface area contributed by atoms with Crippen molar-refractivity contribution in [3.05, 3.63) is 46.0 Å². The van der Waals surface area contributed by atoms with Crippen LogP contribution in [0.1, 0.15) is 75.8 Å². The number of piperidine rings is 1. The summed E-state index contributed by atoms with van der Waals surface area (Å²) in [6.07, 6.45) is 5.69. The molecule has 2 fully saturated rings. The van der Waals surface area contributed by atoms with Crippen molar-refractivity contribution in [2.75, 3.05) is 26.3 Å². The van der Waals surface area contributed by atoms with Crippen molar-refractivity contribution >= 4 is 16.9 Å². The van der Waals surface area contributed by atoms with Crippen LogP contribution in [-0.4, -0.2) is 62.4 Å². The molecule has 1 unspecified atom stereocenters. The third-order valence-electron chi connectivity index (χ3n) is 7.40. The number of tetrazole rings is 1. The minimum absolute atomic E-state index is 0.128. The van der Waals surface area contributed by atoms with E-state index in [0.717, 1.165) is 42.3 Å². The maximum Gasteiger partial charge on any atom is 0.309 e. The van der Waals surface area contributed by atoms with Gasteiger partial charge in [0.15, 0.2) is 5.82 Å². The van der Waals surface area contributed by atoms with Gasteiger partial charge in [0.25, 0.3) is 5.56 Å². The molecule has 192 valence electrons. The van der Waals surface area contributed by atoms with Gasteiger partial charge in [-0.05, 0) is 74.2 Å². The fraction of sp³-hybridized carbons (Fsp3) is 0.577. The highest BCUT2D eigenvalue weighted by atomic mass is 16.5. The SMILES string of the molecule is CCOC(=O)C1CCN(C(c2cc3cc(OCC)ccc3[nH]c2=O)c2nnnn2C2CCCC2)CC1. The van der Waals surface area contributed by atoms with Crippen molar-refractivity contribution in [3.8, 4) is 5.75 Å². The minimum atomic E-state index is -0.423. The van der Waals surface area contributed by atoms with E-state index in [1.807, 2.05) is 42.8 Å². The Morgan fingerprint density at radius 2 is 1.89 bits per heavy atom. The van der Waals surface area contributed by atoms with Crippen LogP contribution < -0.4 is 10.3 Å². The molecule has 0 spiro atoms. The standard InChI is InChI=1S/C26H34N6O4/c1-3-35-20-9-10-22-18(15-20)16-21(25(33)27-22)23(24-28-29-30-32(24)19-7-5-6-8-19)31-13-11-17(12-14-31)26(34)36-4-2/h9-10,15-17,19,23H,3-8,11-14H2,1-2H3,(H,27,33). The Balaban J connectivity index is 1.55. The number of rotatable bonds is 8. The number of ether oxygens (including phenoxy) is 2. The van der Waals surface area contributed by atoms with Crippen molar-refractivity contribution in [1.82, 2.24) is 30.1 Å². The molecule has 1 aliphatic heterocycles. The number of hydrogen-bond donors (Lipinski definition) is 1. The van der Waals surface area contributed by atoms with Gasteiger partial charge in [0, 0.05) is 29.6 Å². The summed E-state index contributed by atoms with van der Waals surface area (Å²) in [5, 5.41) is 13.7. The molecule has 2 aromatic heterocycles. The lowest BCUT2D eigenvalue weighted by Gasteiger charge is -2.36. The van der Waals surface area contributed by atoms with Crippen molar-refractivity contribution in [2.45, 2.75) is 64.5 Å². The number of benzene rings is 1. The maximum atomic E-state index is 13.4. The van der Waals surface area contributed by atoms with Crippen LogP contribution in [0.25, 0.3) is 10.9 Å². The molecule has 0 radical (unpaired) electrons. The molecule has 1 N–H and O–H groups in total. The molecular formula is C26H34N6O4. The van der Waals surface area contributed by atoms with Crippen molar-refractivity contribution in [3.63, 3.8) is 0 Å². The van der Waals surface area contributed by atoms with E-state index >= 15 is 0 Å². The van der Waals surface area contributed by atoms with Crippen LogP contribution in [0.15, 0.2) is 29.1 Å². The van der Waals surface area contributed by atoms with Crippen molar-refractivity contribution in [2.24, 2.45) is 5.92 Å². The van der Waals surface area contributed by atoms with E-state index in [1.165, 1.54) is 0 Å². The summed E-state index contributed by atoms with van der Waals surface area (Å²) in [5.41, 5.74) is 1.19. The van der Waals surface area contributed by atoms with Gasteiger partial charge in [0.1, 0.15) is 11.8 Å². The molecule has 5 rings (SSSR count). The molecule has 0 bridgehead atoms. The fourth-order valence-corrected chi connectivity index (χ4v) is 5.60. The highest BCUT2D eigenvalue weighted by molar-refractivity contribution is 5.80. The summed E-state index contributed by atoms with van der Waals surface area (Å²) in [6, 6.07) is 7.42. The van der Waals surface area contributed by atoms with Crippen LogP contribution >= 0.6 is 0 Å². The van der Waals surface area contributed by atoms with E-state index in [-0.39, 0.29) is 23.5 Å². The first-order valence-corrected chi connectivity index (χ1v) is 13.1. The van der Waals surface area contributed by atoms with E-state index in [0.29, 0.717) is 50.5 Å². The molecule has 1 atom stereocenters. The van der Waals surface area contributed by atoms with E-state index in [1.54, 1.807) is 0 Å². The largest absolute Gasteiger partial charge is 0.494 e. The summed E-state index contributed by atoms with van der Waals surface area (Å²) in [6.45, 7) is 6.00. The predicted molar refractivity (Wildman–Crippen MR) is 134 cm³/mol. The summed E-state index contributed by atoms with van der Waals surface area (Å²) in [5.74, 6) is 1.17. The first kappa shape index (κ1) is 24.4. The van der Waals surface area contributed by atoms with E-state index in [4.69, 9.17) is 9.47 Å². The normalized spacial score (nSPS) is 18.5. The second kappa shape index (κ2) is 10.8. The zero-order valence-electron chi connectivity index (χ0n) is 21.0. The second-order valence-electron chi connectivity index (χ2n) is 9.62. The predicted octanol–water partition coefficient (Wildman–Crippen LogP) is 3.39. The number of esters is 1. The molecule has 0 amide bonds. The number of likely N-dealkylation sites (tertiary alicyclic amines) is 1. The monoisotopic (exact) mass is 494 g/mol. The van der Waals surface area contributed by atoms with Crippen LogP contribution in [0.2, 0.25) is 0 Å². The van der Waals surface area contributed by atoms with Gasteiger partial charge in [0.05, 0.1) is 25.2 Å². The van der Waals surface area contributed by atoms with Crippen LogP contribution in [0, 0.1) is 5.92 Å². The smallest absolute Gasteiger partial charge is 0.309 e. The Hall–Kier alpha value is -3.27. The van der Waals surface area contributed by atoms with Crippen LogP contribution in [0.3, 0.4) is 0 Å². The van der Waals surface area contributed by atoms with E-state index in [2.05, 4.69) is 25.4 Å². The van der Waals surface area contributed by atoms with Crippen LogP contribution in [0.4, 0.5) is 0 Å². The summed E-state index contributed by atoms with van der Waals surface area (Å²) in [4.78, 5) is 31.1. The molecule has 1 saturated carbocycles. The number of aromatic nitrogens is 5. The minimum Gasteiger partial charge on any atom is -0.494 e. The molecule has 10 heteroatoms. The summed E-state index contributed by atoms with van der Waals surface area (Å²) < 4.78 is 12.9. The number of aromatic amines is 1. The molecule has 1 aromatic carbocycles. The fourth-order valence-electron chi connectivity index (χ4n) is 5.60. The average Bonchev–Trinajstić information content (AvgIpc) is 3.58. The Kier molecular flexibility index (Phi) is 7.31. The Labute approximate surface area is 210 Å². The van der Waals surface area contributed by atoms with E-state index in [9.17, 15) is 9.59 Å². The quantitative estimate of drug-likeness (QED) is 0.474. The van der Waals surface area contributed by atoms with Gasteiger partial charge in [-0.25, -0.2) is 4.68 Å². The molecule has 3 heterocycles. The molecule has 1 aliphatic carbocycles. The Bertz CT molecular complexity index is 1260. The second-order valence-corrected chi connectivity index (χ2v) is 9.62. The van der Waals surface area contributed by atoms with Gasteiger partial charge in [-0.15, -0.1) is 5.10 Å². The highest BCUT2D eigenvalue weighted by Crippen LogP contribution is 2.35. The maximum absolute atomic E-state index is 13.4. The number of H-pyrrole nitrogens is 1. The zero-order valence-corrected chi connectivity index (χ0v) is 21.0. The van der Waals surface area contributed by atoms with E-state index < -0.39 is 6.04 Å². The summed E-state index contributed by atoms with van der Waals surface area (Å²) >= 11 is 0. The lowest BCUT2D eigenvalue weighted by atomic mass is 9.93. The first-order valence-electron chi connectivity index (χ1n) is 13.1. The molecular weight excluding hydrogens is 460 g/mol. The number of hydrogen-bond acceptors (Lipinski definition) is 8. The molecule has 1 saturated heterocycles. The average molecular weight is 495 g/mol. The Morgan fingerprint density at radius 1 is 1.11 bits per heavy atom. The Morgan fingerprint density at radius 3 is 2.61 bits per heavy atom. The van der Waals surface area contributed by atoms with Crippen LogP contribution in [-0.2, 0) is 9.53 Å². The van der Waals surface area contributed by atoms with Crippen LogP contribution in [0.5, 0.6) is 5.75 Å². The number of carbonyl (C=O) groups is 1. The summed E-state index contributed by atoms with van der Waals surface area (Å²) in [7, 11) is 0. The number of carbonyl (C=O) groups excluding carboxylic acids is 1. The van der Waals surface area contributed by atoms with Gasteiger partial charge in [-0.1, -0.05) is 12.8 Å². The number of fused-ring (bicyclic) bond motifs is 1. The van der Waals surface area contributed by atoms with Crippen molar-refractivity contribution in [1.29, 1.82) is 0 Å². The molecule has 3 aromatic rings. The van der Waals surface area contributed by atoms with Gasteiger partial charge < -0.3 is 14.5 Å². The van der Waals surface area contributed by atoms with Crippen molar-refractivity contribution < 1.29 is 14.3 Å². The lowest BCUT2D eigenvalue weighted by molar-refractivity contribution is -0.149. The number of nitrogens with one attached hydrogen (secondary N) is 1. The molecule has 36 heavy (non-hydrogen) atoms. The third-order valence-corrected chi connectivity index (χ3v) is 7.40. The van der Waals surface area contributed by atoms with Gasteiger partial charge in [-0.3, -0.25) is 14.5 Å². The molecule has 2 aliphatic rings. The lowest BCUT2D eigenvalue weighted by Crippen LogP contribution is -2.42. The number of nitrogens with zero attached hydrogens (tertiary/aromatic N) is 5. The molecule has 10 nitrogen and oxygen atoms in total. The van der Waals surface area contributed by atoms with Gasteiger partial charge in [0.2, 0.25) is 0 Å². The topological polar surface area (TPSA) is 115 Å². The van der Waals surface area contributed by atoms with Gasteiger partial charge in [-0.2, -0.15) is 0 Å².